The summed E-state index contributed by atoms with van der Waals surface area (Å²) >= 11 is 0. The Morgan fingerprint density at radius 2 is 1.74 bits per heavy atom. The van der Waals surface area contributed by atoms with Crippen LogP contribution < -0.4 is 10.1 Å². The van der Waals surface area contributed by atoms with E-state index in [9.17, 15) is 9.90 Å². The van der Waals surface area contributed by atoms with E-state index < -0.39 is 6.10 Å². The molecule has 0 aliphatic carbocycles. The number of carbonyl (C=O) groups is 1. The zero-order valence-corrected chi connectivity index (χ0v) is 13.4. The van der Waals surface area contributed by atoms with E-state index in [2.05, 4.69) is 12.2 Å². The smallest absolute Gasteiger partial charge is 0.193 e. The second-order valence-electron chi connectivity index (χ2n) is 5.39. The molecule has 0 bridgehead atoms. The molecule has 0 unspecified atom stereocenters. The molecular formula is C19H23NO3. The summed E-state index contributed by atoms with van der Waals surface area (Å²) in [6, 6.07) is 16.2. The molecule has 0 spiro atoms. The minimum atomic E-state index is -0.549. The van der Waals surface area contributed by atoms with Crippen molar-refractivity contribution in [3.05, 3.63) is 65.7 Å². The number of hydrogen-bond acceptors (Lipinski definition) is 4. The Hall–Kier alpha value is -2.17. The maximum Gasteiger partial charge on any atom is 0.193 e. The second kappa shape index (κ2) is 9.08. The maximum absolute atomic E-state index is 12.3. The second-order valence-corrected chi connectivity index (χ2v) is 5.39. The number of carbonyl (C=O) groups excluding carboxylic acids is 1. The number of rotatable bonds is 9. The average molecular weight is 313 g/mol. The van der Waals surface area contributed by atoms with Gasteiger partial charge in [-0.1, -0.05) is 37.3 Å². The van der Waals surface area contributed by atoms with E-state index in [1.807, 2.05) is 18.2 Å². The first-order valence-corrected chi connectivity index (χ1v) is 7.92. The lowest BCUT2D eigenvalue weighted by Crippen LogP contribution is -2.31. The molecule has 23 heavy (non-hydrogen) atoms. The molecule has 0 radical (unpaired) electrons. The van der Waals surface area contributed by atoms with Gasteiger partial charge in [0.05, 0.1) is 0 Å². The monoisotopic (exact) mass is 313 g/mol. The largest absolute Gasteiger partial charge is 0.491 e. The highest BCUT2D eigenvalue weighted by atomic mass is 16.5. The van der Waals surface area contributed by atoms with E-state index >= 15 is 0 Å². The molecule has 0 amide bonds. The lowest BCUT2D eigenvalue weighted by Gasteiger charge is -2.13. The molecule has 0 saturated heterocycles. The molecule has 0 aliphatic heterocycles. The van der Waals surface area contributed by atoms with Gasteiger partial charge in [0.15, 0.2) is 5.78 Å². The van der Waals surface area contributed by atoms with Gasteiger partial charge in [0.25, 0.3) is 0 Å². The van der Waals surface area contributed by atoms with E-state index in [1.165, 1.54) is 0 Å². The highest BCUT2D eigenvalue weighted by Gasteiger charge is 2.09. The number of benzene rings is 2. The van der Waals surface area contributed by atoms with Gasteiger partial charge in [-0.3, -0.25) is 4.79 Å². The number of ketones is 1. The van der Waals surface area contributed by atoms with E-state index in [1.54, 1.807) is 36.4 Å². The van der Waals surface area contributed by atoms with Crippen LogP contribution in [0.25, 0.3) is 0 Å². The van der Waals surface area contributed by atoms with Crippen molar-refractivity contribution < 1.29 is 14.6 Å². The molecule has 0 aromatic heterocycles. The summed E-state index contributed by atoms with van der Waals surface area (Å²) in [6.07, 6.45) is 0.483. The number of aliphatic hydroxyl groups is 1. The van der Waals surface area contributed by atoms with Crippen molar-refractivity contribution in [2.24, 2.45) is 0 Å². The number of hydrogen-bond donors (Lipinski definition) is 2. The zero-order valence-electron chi connectivity index (χ0n) is 13.4. The van der Waals surface area contributed by atoms with E-state index in [0.29, 0.717) is 23.4 Å². The third-order valence-corrected chi connectivity index (χ3v) is 3.40. The Morgan fingerprint density at radius 3 is 2.39 bits per heavy atom. The minimum Gasteiger partial charge on any atom is -0.491 e. The van der Waals surface area contributed by atoms with Crippen molar-refractivity contribution in [2.45, 2.75) is 19.4 Å². The Labute approximate surface area is 137 Å². The van der Waals surface area contributed by atoms with Crippen molar-refractivity contribution in [1.29, 1.82) is 0 Å². The van der Waals surface area contributed by atoms with Crippen LogP contribution >= 0.6 is 0 Å². The minimum absolute atomic E-state index is 0.0130. The standard InChI is InChI=1S/C19H23NO3/c1-2-12-20-13-17(21)14-23-18-10-8-16(9-11-18)19(22)15-6-4-3-5-7-15/h3-11,17,20-21H,2,12-14H2,1H3/t17-/m0/s1. The van der Waals surface area contributed by atoms with E-state index in [-0.39, 0.29) is 12.4 Å². The average Bonchev–Trinajstić information content (AvgIpc) is 2.61. The van der Waals surface area contributed by atoms with E-state index in [0.717, 1.165) is 13.0 Å². The molecule has 2 N–H and O–H groups in total. The van der Waals surface area contributed by atoms with Crippen LogP contribution in [0.1, 0.15) is 29.3 Å². The van der Waals surface area contributed by atoms with Crippen LogP contribution in [0.4, 0.5) is 0 Å². The molecular weight excluding hydrogens is 290 g/mol. The lowest BCUT2D eigenvalue weighted by atomic mass is 10.0. The summed E-state index contributed by atoms with van der Waals surface area (Å²) in [6.45, 7) is 3.70. The fraction of sp³-hybridized carbons (Fsp3) is 0.316. The maximum atomic E-state index is 12.3. The van der Waals surface area contributed by atoms with Crippen LogP contribution in [-0.2, 0) is 0 Å². The summed E-state index contributed by atoms with van der Waals surface area (Å²) in [5.41, 5.74) is 1.28. The summed E-state index contributed by atoms with van der Waals surface area (Å²) < 4.78 is 5.54. The van der Waals surface area contributed by atoms with Crippen LogP contribution in [0.3, 0.4) is 0 Å². The fourth-order valence-electron chi connectivity index (χ4n) is 2.16. The number of aliphatic hydroxyl groups excluding tert-OH is 1. The van der Waals surface area contributed by atoms with Gasteiger partial charge < -0.3 is 15.2 Å². The molecule has 122 valence electrons. The van der Waals surface area contributed by atoms with Gasteiger partial charge in [0.2, 0.25) is 0 Å². The van der Waals surface area contributed by atoms with Gasteiger partial charge in [-0.25, -0.2) is 0 Å². The Bertz CT molecular complexity index is 596. The van der Waals surface area contributed by atoms with Crippen molar-refractivity contribution >= 4 is 5.78 Å². The van der Waals surface area contributed by atoms with E-state index in [4.69, 9.17) is 4.74 Å². The Balaban J connectivity index is 1.86. The van der Waals surface area contributed by atoms with Gasteiger partial charge in [0.1, 0.15) is 18.5 Å². The van der Waals surface area contributed by atoms with Crippen molar-refractivity contribution in [3.63, 3.8) is 0 Å². The van der Waals surface area contributed by atoms with Crippen LogP contribution in [0, 0.1) is 0 Å². The lowest BCUT2D eigenvalue weighted by molar-refractivity contribution is 0.103. The molecule has 2 aromatic carbocycles. The molecule has 0 fully saturated rings. The summed E-state index contributed by atoms with van der Waals surface area (Å²) in [4.78, 5) is 12.3. The third-order valence-electron chi connectivity index (χ3n) is 3.40. The zero-order chi connectivity index (χ0) is 16.5. The number of ether oxygens (including phenoxy) is 1. The van der Waals surface area contributed by atoms with Crippen molar-refractivity contribution in [3.8, 4) is 5.75 Å². The quantitative estimate of drug-likeness (QED) is 0.552. The van der Waals surface area contributed by atoms with Gasteiger partial charge >= 0.3 is 0 Å². The van der Waals surface area contributed by atoms with Crippen molar-refractivity contribution in [1.82, 2.24) is 5.32 Å². The topological polar surface area (TPSA) is 58.6 Å². The van der Waals surface area contributed by atoms with Crippen LogP contribution in [0.15, 0.2) is 54.6 Å². The highest BCUT2D eigenvalue weighted by molar-refractivity contribution is 6.08. The third kappa shape index (κ3) is 5.51. The predicted molar refractivity (Wildman–Crippen MR) is 91.0 cm³/mol. The first-order valence-electron chi connectivity index (χ1n) is 7.92. The van der Waals surface area contributed by atoms with Gasteiger partial charge in [-0.05, 0) is 37.2 Å². The fourth-order valence-corrected chi connectivity index (χ4v) is 2.16. The van der Waals surface area contributed by atoms with Gasteiger partial charge in [-0.15, -0.1) is 0 Å². The molecule has 4 nitrogen and oxygen atoms in total. The Kier molecular flexibility index (Phi) is 6.78. The van der Waals surface area contributed by atoms with Crippen LogP contribution in [-0.4, -0.2) is 36.7 Å². The predicted octanol–water partition coefficient (Wildman–Crippen LogP) is 2.66. The SMILES string of the molecule is CCCNC[C@H](O)COc1ccc(C(=O)c2ccccc2)cc1. The first-order chi connectivity index (χ1) is 11.2. The molecule has 1 atom stereocenters. The molecule has 0 saturated carbocycles. The van der Waals surface area contributed by atoms with Gasteiger partial charge in [0, 0.05) is 17.7 Å². The summed E-state index contributed by atoms with van der Waals surface area (Å²) in [7, 11) is 0. The van der Waals surface area contributed by atoms with Gasteiger partial charge in [-0.2, -0.15) is 0 Å². The van der Waals surface area contributed by atoms with Crippen LogP contribution in [0.2, 0.25) is 0 Å². The number of nitrogens with one attached hydrogen (secondary N) is 1. The first kappa shape index (κ1) is 17.2. The van der Waals surface area contributed by atoms with Crippen molar-refractivity contribution in [2.75, 3.05) is 19.7 Å². The molecule has 2 rings (SSSR count). The molecule has 0 aliphatic rings. The summed E-state index contributed by atoms with van der Waals surface area (Å²) in [5, 5.41) is 12.9. The molecule has 2 aromatic rings. The van der Waals surface area contributed by atoms with Crippen LogP contribution in [0.5, 0.6) is 5.75 Å². The summed E-state index contributed by atoms with van der Waals surface area (Å²) in [5.74, 6) is 0.630. The molecule has 4 heteroatoms. The normalized spacial score (nSPS) is 11.9. The Morgan fingerprint density at radius 1 is 1.09 bits per heavy atom. The molecule has 0 heterocycles. The highest BCUT2D eigenvalue weighted by Crippen LogP contribution is 2.15.